The quantitative estimate of drug-likeness (QED) is 0.757. The van der Waals surface area contributed by atoms with Gasteiger partial charge in [-0.05, 0) is 60.7 Å². The van der Waals surface area contributed by atoms with E-state index in [1.807, 2.05) is 12.1 Å². The van der Waals surface area contributed by atoms with Crippen molar-refractivity contribution < 1.29 is 13.2 Å². The van der Waals surface area contributed by atoms with Crippen molar-refractivity contribution >= 4 is 28.3 Å². The van der Waals surface area contributed by atoms with Crippen molar-refractivity contribution in [2.45, 2.75) is 37.4 Å². The Bertz CT molecular complexity index is 1040. The molecular formula is C23H27ClN2O3S. The third-order valence-corrected chi connectivity index (χ3v) is 7.67. The topological polar surface area (TPSA) is 58.6 Å². The van der Waals surface area contributed by atoms with Crippen molar-refractivity contribution in [3.63, 3.8) is 0 Å². The molecule has 0 aromatic heterocycles. The summed E-state index contributed by atoms with van der Waals surface area (Å²) in [4.78, 5) is 2.70. The number of hydrogen-bond donors (Lipinski definition) is 1. The van der Waals surface area contributed by atoms with Gasteiger partial charge in [-0.15, -0.1) is 12.4 Å². The highest BCUT2D eigenvalue weighted by Crippen LogP contribution is 2.38. The van der Waals surface area contributed by atoms with Crippen LogP contribution in [0.15, 0.2) is 46.7 Å². The maximum atomic E-state index is 12.7. The maximum absolute atomic E-state index is 12.7. The minimum atomic E-state index is -3.44. The van der Waals surface area contributed by atoms with Crippen LogP contribution in [0.1, 0.15) is 35.1 Å². The van der Waals surface area contributed by atoms with Crippen molar-refractivity contribution in [1.29, 1.82) is 0 Å². The molecule has 160 valence electrons. The summed E-state index contributed by atoms with van der Waals surface area (Å²) in [6, 6.07) is 12.4. The Balaban J connectivity index is 0.00000218. The number of sulfone groups is 1. The van der Waals surface area contributed by atoms with Crippen LogP contribution >= 0.6 is 12.4 Å². The third-order valence-electron chi connectivity index (χ3n) is 6.18. The summed E-state index contributed by atoms with van der Waals surface area (Å²) in [5.74, 6) is 0.976. The Kier molecular flexibility index (Phi) is 6.21. The Morgan fingerprint density at radius 3 is 2.43 bits per heavy atom. The Morgan fingerprint density at radius 2 is 1.73 bits per heavy atom. The molecule has 0 radical (unpaired) electrons. The molecule has 0 aliphatic carbocycles. The first-order valence-electron chi connectivity index (χ1n) is 10.3. The average molecular weight is 447 g/mol. The van der Waals surface area contributed by atoms with Gasteiger partial charge < -0.3 is 10.1 Å². The van der Waals surface area contributed by atoms with Crippen LogP contribution in [0.2, 0.25) is 0 Å². The summed E-state index contributed by atoms with van der Waals surface area (Å²) in [5.41, 5.74) is 4.55. The van der Waals surface area contributed by atoms with Crippen LogP contribution in [0.3, 0.4) is 0 Å². The fourth-order valence-electron chi connectivity index (χ4n) is 4.59. The van der Waals surface area contributed by atoms with Crippen LogP contribution in [0, 0.1) is 5.92 Å². The number of rotatable bonds is 5. The standard InChI is InChI=1S/C23H26N2O3S.ClH/c26-29(27)12-9-21-20(15-25-13-18-3-1-2-4-19(18)14-25)5-6-22(23(21)29)28-16-17-7-10-24-11-8-17;/h1-6,9,12,17,24H,7-8,10-11,13-16H2;1H. The molecular weight excluding hydrogens is 420 g/mol. The molecule has 5 rings (SSSR count). The number of ether oxygens (including phenoxy) is 1. The predicted octanol–water partition coefficient (Wildman–Crippen LogP) is 3.76. The van der Waals surface area contributed by atoms with Gasteiger partial charge in [0, 0.05) is 30.6 Å². The van der Waals surface area contributed by atoms with E-state index in [4.69, 9.17) is 4.74 Å². The van der Waals surface area contributed by atoms with Gasteiger partial charge in [-0.1, -0.05) is 30.3 Å². The SMILES string of the molecule is Cl.O=S1(=O)C=Cc2c(CN3Cc4ccccc4C3)ccc(OCC3CCNCC3)c21. The Labute approximate surface area is 184 Å². The van der Waals surface area contributed by atoms with E-state index in [2.05, 4.69) is 34.5 Å². The number of piperidine rings is 1. The van der Waals surface area contributed by atoms with Gasteiger partial charge in [-0.2, -0.15) is 0 Å². The lowest BCUT2D eigenvalue weighted by Gasteiger charge is -2.23. The van der Waals surface area contributed by atoms with Crippen LogP contribution in [0.25, 0.3) is 6.08 Å². The van der Waals surface area contributed by atoms with Crippen LogP contribution in [0.5, 0.6) is 5.75 Å². The summed E-state index contributed by atoms with van der Waals surface area (Å²) in [6.07, 6.45) is 3.88. The van der Waals surface area contributed by atoms with E-state index in [0.29, 0.717) is 23.2 Å². The summed E-state index contributed by atoms with van der Waals surface area (Å²) in [5, 5.41) is 4.67. The lowest BCUT2D eigenvalue weighted by Crippen LogP contribution is -2.30. The lowest BCUT2D eigenvalue weighted by atomic mass is 9.99. The molecule has 7 heteroatoms. The Hall–Kier alpha value is -1.86. The molecule has 0 atom stereocenters. The molecule has 2 aromatic rings. The predicted molar refractivity (Wildman–Crippen MR) is 120 cm³/mol. The highest BCUT2D eigenvalue weighted by Gasteiger charge is 2.29. The molecule has 3 heterocycles. The largest absolute Gasteiger partial charge is 0.492 e. The van der Waals surface area contributed by atoms with Gasteiger partial charge in [-0.25, -0.2) is 8.42 Å². The number of nitrogens with one attached hydrogen (secondary N) is 1. The van der Waals surface area contributed by atoms with Gasteiger partial charge in [0.15, 0.2) is 0 Å². The van der Waals surface area contributed by atoms with Gasteiger partial charge in [-0.3, -0.25) is 4.90 Å². The van der Waals surface area contributed by atoms with E-state index in [1.165, 1.54) is 16.5 Å². The number of fused-ring (bicyclic) bond motifs is 2. The maximum Gasteiger partial charge on any atom is 0.204 e. The number of benzene rings is 2. The first-order valence-corrected chi connectivity index (χ1v) is 11.9. The zero-order valence-corrected chi connectivity index (χ0v) is 18.5. The monoisotopic (exact) mass is 446 g/mol. The summed E-state index contributed by atoms with van der Waals surface area (Å²) < 4.78 is 31.4. The minimum absolute atomic E-state index is 0. The lowest BCUT2D eigenvalue weighted by molar-refractivity contribution is 0.211. The normalized spacial score (nSPS) is 19.9. The van der Waals surface area contributed by atoms with Gasteiger partial charge >= 0.3 is 0 Å². The van der Waals surface area contributed by atoms with Crippen molar-refractivity contribution in [3.05, 3.63) is 64.1 Å². The van der Waals surface area contributed by atoms with Crippen LogP contribution in [-0.4, -0.2) is 33.0 Å². The van der Waals surface area contributed by atoms with Gasteiger partial charge in [0.05, 0.1) is 6.61 Å². The molecule has 5 nitrogen and oxygen atoms in total. The second kappa shape index (κ2) is 8.71. The Morgan fingerprint density at radius 1 is 1.03 bits per heavy atom. The third kappa shape index (κ3) is 4.14. The molecule has 2 aromatic carbocycles. The van der Waals surface area contributed by atoms with Gasteiger partial charge in [0.25, 0.3) is 0 Å². The second-order valence-corrected chi connectivity index (χ2v) is 10.0. The molecule has 0 unspecified atom stereocenters. The number of nitrogens with zero attached hydrogens (tertiary/aromatic N) is 1. The van der Waals surface area contributed by atoms with Crippen LogP contribution < -0.4 is 10.1 Å². The molecule has 0 amide bonds. The van der Waals surface area contributed by atoms with Gasteiger partial charge in [0.1, 0.15) is 10.6 Å². The van der Waals surface area contributed by atoms with Crippen molar-refractivity contribution in [1.82, 2.24) is 10.2 Å². The summed E-state index contributed by atoms with van der Waals surface area (Å²) in [6.45, 7) is 5.10. The molecule has 0 saturated carbocycles. The fraction of sp³-hybridized carbons (Fsp3) is 0.391. The summed E-state index contributed by atoms with van der Waals surface area (Å²) >= 11 is 0. The van der Waals surface area contributed by atoms with E-state index in [-0.39, 0.29) is 12.4 Å². The van der Waals surface area contributed by atoms with E-state index >= 15 is 0 Å². The zero-order chi connectivity index (χ0) is 19.8. The molecule has 3 aliphatic rings. The molecule has 3 aliphatic heterocycles. The molecule has 0 bridgehead atoms. The first-order chi connectivity index (χ1) is 14.1. The second-order valence-electron chi connectivity index (χ2n) is 8.23. The highest BCUT2D eigenvalue weighted by molar-refractivity contribution is 7.95. The molecule has 30 heavy (non-hydrogen) atoms. The molecule has 0 spiro atoms. The summed E-state index contributed by atoms with van der Waals surface area (Å²) in [7, 11) is -3.44. The van der Waals surface area contributed by atoms with Crippen molar-refractivity contribution in [2.75, 3.05) is 19.7 Å². The molecule has 1 saturated heterocycles. The smallest absolute Gasteiger partial charge is 0.204 e. The van der Waals surface area contributed by atoms with Gasteiger partial charge in [0.2, 0.25) is 9.84 Å². The number of halogens is 1. The number of hydrogen-bond acceptors (Lipinski definition) is 5. The van der Waals surface area contributed by atoms with Crippen LogP contribution in [-0.2, 0) is 29.5 Å². The fourth-order valence-corrected chi connectivity index (χ4v) is 5.95. The zero-order valence-electron chi connectivity index (χ0n) is 16.8. The van der Waals surface area contributed by atoms with E-state index in [1.54, 1.807) is 6.08 Å². The molecule has 1 N–H and O–H groups in total. The first kappa shape index (κ1) is 21.4. The van der Waals surface area contributed by atoms with Crippen molar-refractivity contribution in [3.8, 4) is 5.75 Å². The minimum Gasteiger partial charge on any atom is -0.492 e. The van der Waals surface area contributed by atoms with Crippen molar-refractivity contribution in [2.24, 2.45) is 5.92 Å². The highest BCUT2D eigenvalue weighted by atomic mass is 35.5. The average Bonchev–Trinajstić information content (AvgIpc) is 3.28. The van der Waals surface area contributed by atoms with E-state index in [0.717, 1.165) is 56.7 Å². The van der Waals surface area contributed by atoms with E-state index < -0.39 is 9.84 Å². The van der Waals surface area contributed by atoms with Crippen LogP contribution in [0.4, 0.5) is 0 Å². The van der Waals surface area contributed by atoms with E-state index in [9.17, 15) is 8.42 Å². The molecule has 1 fully saturated rings.